The lowest BCUT2D eigenvalue weighted by molar-refractivity contribution is 0.459. The summed E-state index contributed by atoms with van der Waals surface area (Å²) in [5.74, 6) is 0. The zero-order chi connectivity index (χ0) is 21.4. The highest BCUT2D eigenvalue weighted by Gasteiger charge is 2.25. The summed E-state index contributed by atoms with van der Waals surface area (Å²) in [6, 6.07) is 8.67. The molecule has 6 nitrogen and oxygen atoms in total. The van der Waals surface area contributed by atoms with Crippen LogP contribution in [0.1, 0.15) is 39.4 Å². The van der Waals surface area contributed by atoms with Crippen molar-refractivity contribution in [3.05, 3.63) is 86.3 Å². The first kappa shape index (κ1) is 20.0. The second-order valence-electron chi connectivity index (χ2n) is 8.32. The third-order valence-electron chi connectivity index (χ3n) is 5.92. The first-order valence-corrected chi connectivity index (χ1v) is 11.4. The van der Waals surface area contributed by atoms with Crippen LogP contribution in [0.25, 0.3) is 10.2 Å². The molecule has 1 unspecified atom stereocenters. The lowest BCUT2D eigenvalue weighted by Gasteiger charge is -2.23. The van der Waals surface area contributed by atoms with Crippen molar-refractivity contribution in [2.45, 2.75) is 52.2 Å². The van der Waals surface area contributed by atoms with Crippen LogP contribution in [-0.2, 0) is 25.9 Å². The summed E-state index contributed by atoms with van der Waals surface area (Å²) in [6.07, 6.45) is 8.15. The maximum atomic E-state index is 13.3. The standard InChI is InChI=1S/C24H25N5OS/c1-15-3-5-17(6-4-15)13-29-14-28-23-22(24(29)30)20-8-7-18(9-21(20)31-23)27-12-19-11-25-16(2)10-26-19/h3-6,10-11,14,18,27H,7-9,12-13H2,1-2H3. The number of aryl methyl sites for hydroxylation is 3. The van der Waals surface area contributed by atoms with E-state index in [1.807, 2.05) is 13.1 Å². The molecule has 3 aromatic heterocycles. The van der Waals surface area contributed by atoms with Gasteiger partial charge in [0.15, 0.2) is 0 Å². The van der Waals surface area contributed by atoms with Crippen molar-refractivity contribution in [1.29, 1.82) is 0 Å². The Labute approximate surface area is 185 Å². The van der Waals surface area contributed by atoms with Gasteiger partial charge in [-0.15, -0.1) is 11.3 Å². The van der Waals surface area contributed by atoms with Crippen molar-refractivity contribution in [3.63, 3.8) is 0 Å². The number of fused-ring (bicyclic) bond motifs is 3. The molecule has 0 radical (unpaired) electrons. The lowest BCUT2D eigenvalue weighted by atomic mass is 9.93. The summed E-state index contributed by atoms with van der Waals surface area (Å²) < 4.78 is 1.74. The van der Waals surface area contributed by atoms with Crippen LogP contribution >= 0.6 is 11.3 Å². The number of rotatable bonds is 5. The Morgan fingerprint density at radius 3 is 2.74 bits per heavy atom. The van der Waals surface area contributed by atoms with Gasteiger partial charge in [-0.05, 0) is 44.2 Å². The maximum Gasteiger partial charge on any atom is 0.262 e. The Hall–Kier alpha value is -2.90. The molecule has 5 rings (SSSR count). The first-order valence-electron chi connectivity index (χ1n) is 10.6. The molecule has 7 heteroatoms. The zero-order valence-corrected chi connectivity index (χ0v) is 18.6. The molecule has 0 spiro atoms. The fraction of sp³-hybridized carbons (Fsp3) is 0.333. The molecule has 0 amide bonds. The van der Waals surface area contributed by atoms with E-state index >= 15 is 0 Å². The molecule has 1 atom stereocenters. The fourth-order valence-corrected chi connectivity index (χ4v) is 5.40. The molecule has 1 aliphatic carbocycles. The number of hydrogen-bond acceptors (Lipinski definition) is 6. The molecule has 3 heterocycles. The Kier molecular flexibility index (Phi) is 5.38. The normalized spacial score (nSPS) is 15.9. The van der Waals surface area contributed by atoms with Crippen LogP contribution in [0.15, 0.2) is 47.8 Å². The second-order valence-corrected chi connectivity index (χ2v) is 9.40. The van der Waals surface area contributed by atoms with Gasteiger partial charge in [0.1, 0.15) is 4.83 Å². The lowest BCUT2D eigenvalue weighted by Crippen LogP contribution is -2.34. The molecule has 31 heavy (non-hydrogen) atoms. The highest BCUT2D eigenvalue weighted by Crippen LogP contribution is 2.33. The van der Waals surface area contributed by atoms with Gasteiger partial charge in [-0.3, -0.25) is 19.3 Å². The van der Waals surface area contributed by atoms with Gasteiger partial charge < -0.3 is 5.32 Å². The molecule has 1 aromatic carbocycles. The number of nitrogens with zero attached hydrogens (tertiary/aromatic N) is 4. The van der Waals surface area contributed by atoms with Gasteiger partial charge in [0.2, 0.25) is 0 Å². The van der Waals surface area contributed by atoms with E-state index in [2.05, 4.69) is 51.5 Å². The summed E-state index contributed by atoms with van der Waals surface area (Å²) >= 11 is 1.67. The van der Waals surface area contributed by atoms with E-state index < -0.39 is 0 Å². The molecule has 158 valence electrons. The van der Waals surface area contributed by atoms with E-state index in [4.69, 9.17) is 0 Å². The highest BCUT2D eigenvalue weighted by molar-refractivity contribution is 7.18. The van der Waals surface area contributed by atoms with Gasteiger partial charge in [-0.25, -0.2) is 4.98 Å². The van der Waals surface area contributed by atoms with Crippen LogP contribution in [0.5, 0.6) is 0 Å². The van der Waals surface area contributed by atoms with Gasteiger partial charge in [-0.1, -0.05) is 29.8 Å². The molecule has 0 fully saturated rings. The second kappa shape index (κ2) is 8.32. The highest BCUT2D eigenvalue weighted by atomic mass is 32.1. The fourth-order valence-electron chi connectivity index (χ4n) is 4.14. The van der Waals surface area contributed by atoms with Crippen molar-refractivity contribution < 1.29 is 0 Å². The van der Waals surface area contributed by atoms with E-state index in [-0.39, 0.29) is 5.56 Å². The summed E-state index contributed by atoms with van der Waals surface area (Å²) in [4.78, 5) is 28.8. The van der Waals surface area contributed by atoms with Crippen LogP contribution < -0.4 is 10.9 Å². The minimum atomic E-state index is 0.0735. The average molecular weight is 432 g/mol. The average Bonchev–Trinajstić information content (AvgIpc) is 3.15. The molecule has 0 aliphatic heterocycles. The molecule has 1 N–H and O–H groups in total. The van der Waals surface area contributed by atoms with E-state index in [1.165, 1.54) is 16.0 Å². The third kappa shape index (κ3) is 4.16. The number of aromatic nitrogens is 4. The van der Waals surface area contributed by atoms with Crippen LogP contribution in [0.2, 0.25) is 0 Å². The van der Waals surface area contributed by atoms with Gasteiger partial charge in [0.05, 0.1) is 29.6 Å². The van der Waals surface area contributed by atoms with Crippen molar-refractivity contribution in [2.75, 3.05) is 0 Å². The smallest absolute Gasteiger partial charge is 0.262 e. The predicted molar refractivity (Wildman–Crippen MR) is 124 cm³/mol. The van der Waals surface area contributed by atoms with Crippen molar-refractivity contribution >= 4 is 21.6 Å². The Morgan fingerprint density at radius 2 is 1.97 bits per heavy atom. The largest absolute Gasteiger partial charge is 0.308 e. The zero-order valence-electron chi connectivity index (χ0n) is 17.8. The van der Waals surface area contributed by atoms with Crippen LogP contribution in [0.3, 0.4) is 0 Å². The maximum absolute atomic E-state index is 13.3. The van der Waals surface area contributed by atoms with Crippen molar-refractivity contribution in [3.8, 4) is 0 Å². The Balaban J connectivity index is 1.35. The minimum absolute atomic E-state index is 0.0735. The van der Waals surface area contributed by atoms with E-state index in [1.54, 1.807) is 28.4 Å². The van der Waals surface area contributed by atoms with E-state index in [0.29, 0.717) is 19.1 Å². The van der Waals surface area contributed by atoms with E-state index in [9.17, 15) is 4.79 Å². The van der Waals surface area contributed by atoms with Gasteiger partial charge in [-0.2, -0.15) is 0 Å². The summed E-state index contributed by atoms with van der Waals surface area (Å²) in [5, 5.41) is 4.42. The SMILES string of the molecule is Cc1ccc(Cn2cnc3sc4c(c3c2=O)CCC(NCc2cnc(C)cn2)C4)cc1. The molecular formula is C24H25N5OS. The molecule has 0 bridgehead atoms. The monoisotopic (exact) mass is 431 g/mol. The predicted octanol–water partition coefficient (Wildman–Crippen LogP) is 3.56. The van der Waals surface area contributed by atoms with Crippen LogP contribution in [0, 0.1) is 13.8 Å². The number of hydrogen-bond donors (Lipinski definition) is 1. The Morgan fingerprint density at radius 1 is 1.13 bits per heavy atom. The summed E-state index contributed by atoms with van der Waals surface area (Å²) in [7, 11) is 0. The van der Waals surface area contributed by atoms with Crippen molar-refractivity contribution in [2.24, 2.45) is 0 Å². The third-order valence-corrected chi connectivity index (χ3v) is 7.08. The summed E-state index contributed by atoms with van der Waals surface area (Å²) in [5.41, 5.74) is 5.48. The van der Waals surface area contributed by atoms with Crippen LogP contribution in [0.4, 0.5) is 0 Å². The quantitative estimate of drug-likeness (QED) is 0.523. The topological polar surface area (TPSA) is 72.7 Å². The van der Waals surface area contributed by atoms with Crippen molar-refractivity contribution in [1.82, 2.24) is 24.8 Å². The molecule has 4 aromatic rings. The van der Waals surface area contributed by atoms with Gasteiger partial charge >= 0.3 is 0 Å². The number of nitrogens with one attached hydrogen (secondary N) is 1. The number of benzene rings is 1. The molecule has 1 aliphatic rings. The minimum Gasteiger partial charge on any atom is -0.308 e. The van der Waals surface area contributed by atoms with Gasteiger partial charge in [0.25, 0.3) is 5.56 Å². The Bertz CT molecular complexity index is 1270. The number of thiophene rings is 1. The molecule has 0 saturated heterocycles. The first-order chi connectivity index (χ1) is 15.1. The molecular weight excluding hydrogens is 406 g/mol. The van der Waals surface area contributed by atoms with Gasteiger partial charge in [0, 0.05) is 29.9 Å². The summed E-state index contributed by atoms with van der Waals surface area (Å²) in [6.45, 7) is 5.27. The van der Waals surface area contributed by atoms with E-state index in [0.717, 1.165) is 46.4 Å². The van der Waals surface area contributed by atoms with Crippen LogP contribution in [-0.4, -0.2) is 25.6 Å². The molecule has 0 saturated carbocycles.